The van der Waals surface area contributed by atoms with Gasteiger partial charge in [-0.05, 0) is 37.6 Å². The Bertz CT molecular complexity index is 444. The van der Waals surface area contributed by atoms with E-state index in [1.807, 2.05) is 11.3 Å². The summed E-state index contributed by atoms with van der Waals surface area (Å²) < 4.78 is 5.99. The van der Waals surface area contributed by atoms with Gasteiger partial charge in [0, 0.05) is 12.0 Å². The van der Waals surface area contributed by atoms with Crippen LogP contribution in [0.2, 0.25) is 0 Å². The monoisotopic (exact) mass is 310 g/mol. The highest BCUT2D eigenvalue weighted by Crippen LogP contribution is 2.39. The van der Waals surface area contributed by atoms with Crippen molar-refractivity contribution >= 4 is 11.3 Å². The second-order valence-corrected chi connectivity index (χ2v) is 7.71. The van der Waals surface area contributed by atoms with Gasteiger partial charge in [-0.2, -0.15) is 0 Å². The second-order valence-electron chi connectivity index (χ2n) is 6.85. The molecule has 0 amide bonds. The average molecular weight is 311 g/mol. The molecule has 1 fully saturated rings. The molecule has 1 N–H and O–H groups in total. The third kappa shape index (κ3) is 3.85. The number of rotatable bonds is 6. The summed E-state index contributed by atoms with van der Waals surface area (Å²) in [6.45, 7) is 13.0. The first kappa shape index (κ1) is 16.9. The van der Waals surface area contributed by atoms with Gasteiger partial charge in [-0.1, -0.05) is 34.6 Å². The summed E-state index contributed by atoms with van der Waals surface area (Å²) in [5.41, 5.74) is 1.24. The first-order chi connectivity index (χ1) is 9.98. The fraction of sp³-hybridized carbons (Fsp3) is 0.824. The number of nitrogens with one attached hydrogen (secondary N) is 1. The normalized spacial score (nSPS) is 26.7. The van der Waals surface area contributed by atoms with Crippen LogP contribution in [0.25, 0.3) is 0 Å². The molecule has 2 atom stereocenters. The molecule has 1 aliphatic heterocycles. The van der Waals surface area contributed by atoms with E-state index >= 15 is 0 Å². The van der Waals surface area contributed by atoms with Crippen molar-refractivity contribution in [1.29, 1.82) is 0 Å². The number of nitrogens with zero attached hydrogens (tertiary/aromatic N) is 1. The molecule has 4 heteroatoms. The maximum Gasteiger partial charge on any atom is 0.113 e. The first-order valence-electron chi connectivity index (χ1n) is 8.31. The zero-order valence-electron chi connectivity index (χ0n) is 14.1. The van der Waals surface area contributed by atoms with Crippen LogP contribution < -0.4 is 5.32 Å². The van der Waals surface area contributed by atoms with E-state index in [4.69, 9.17) is 9.72 Å². The molecule has 2 heterocycles. The van der Waals surface area contributed by atoms with Gasteiger partial charge < -0.3 is 10.1 Å². The molecule has 1 aromatic heterocycles. The maximum atomic E-state index is 5.99. The number of thiazole rings is 1. The second kappa shape index (κ2) is 7.21. The molecular formula is C17H30N2OS. The Balaban J connectivity index is 2.26. The fourth-order valence-electron chi connectivity index (χ4n) is 2.88. The van der Waals surface area contributed by atoms with Gasteiger partial charge in [0.1, 0.15) is 5.01 Å². The van der Waals surface area contributed by atoms with Crippen LogP contribution >= 0.6 is 11.3 Å². The lowest BCUT2D eigenvalue weighted by Gasteiger charge is -2.41. The van der Waals surface area contributed by atoms with Crippen molar-refractivity contribution in [3.63, 3.8) is 0 Å². The van der Waals surface area contributed by atoms with Crippen molar-refractivity contribution in [3.8, 4) is 0 Å². The number of aromatic nitrogens is 1. The summed E-state index contributed by atoms with van der Waals surface area (Å²) in [6.07, 6.45) is 3.54. The Kier molecular flexibility index (Phi) is 5.81. The fourth-order valence-corrected chi connectivity index (χ4v) is 4.08. The lowest BCUT2D eigenvalue weighted by Crippen LogP contribution is -2.50. The largest absolute Gasteiger partial charge is 0.378 e. The molecule has 0 spiro atoms. The summed E-state index contributed by atoms with van der Waals surface area (Å²) in [7, 11) is 0. The molecule has 2 rings (SSSR count). The van der Waals surface area contributed by atoms with Crippen molar-refractivity contribution in [2.24, 2.45) is 5.92 Å². The molecule has 21 heavy (non-hydrogen) atoms. The number of hydrogen-bond acceptors (Lipinski definition) is 4. The minimum absolute atomic E-state index is 0.0149. The Morgan fingerprint density at radius 1 is 1.43 bits per heavy atom. The molecule has 0 bridgehead atoms. The molecular weight excluding hydrogens is 280 g/mol. The van der Waals surface area contributed by atoms with Gasteiger partial charge >= 0.3 is 0 Å². The van der Waals surface area contributed by atoms with E-state index in [2.05, 4.69) is 45.3 Å². The van der Waals surface area contributed by atoms with Gasteiger partial charge in [-0.3, -0.25) is 0 Å². The van der Waals surface area contributed by atoms with Gasteiger partial charge in [-0.15, -0.1) is 11.3 Å². The highest BCUT2D eigenvalue weighted by atomic mass is 32.1. The van der Waals surface area contributed by atoms with Crippen molar-refractivity contribution < 1.29 is 4.74 Å². The Morgan fingerprint density at radius 3 is 2.76 bits per heavy atom. The maximum absolute atomic E-state index is 5.99. The lowest BCUT2D eigenvalue weighted by atomic mass is 9.83. The summed E-state index contributed by atoms with van der Waals surface area (Å²) in [4.78, 5) is 4.95. The predicted octanol–water partition coefficient (Wildman–Crippen LogP) is 4.30. The van der Waals surface area contributed by atoms with E-state index in [1.54, 1.807) is 0 Å². The molecule has 0 aromatic carbocycles. The van der Waals surface area contributed by atoms with Crippen LogP contribution in [0.1, 0.15) is 70.5 Å². The number of hydrogen-bond donors (Lipinski definition) is 1. The van der Waals surface area contributed by atoms with E-state index in [1.165, 1.54) is 10.7 Å². The van der Waals surface area contributed by atoms with Gasteiger partial charge in [0.05, 0.1) is 17.3 Å². The minimum atomic E-state index is 0.0149. The highest BCUT2D eigenvalue weighted by molar-refractivity contribution is 7.09. The minimum Gasteiger partial charge on any atom is -0.378 e. The first-order valence-corrected chi connectivity index (χ1v) is 9.19. The molecule has 1 aliphatic rings. The van der Waals surface area contributed by atoms with Crippen LogP contribution in [0.4, 0.5) is 0 Å². The Labute approximate surface area is 133 Å². The molecule has 3 nitrogen and oxygen atoms in total. The number of ether oxygens (including phenoxy) is 1. The molecule has 2 unspecified atom stereocenters. The topological polar surface area (TPSA) is 34.2 Å². The van der Waals surface area contributed by atoms with Crippen LogP contribution in [-0.4, -0.2) is 24.2 Å². The zero-order chi connectivity index (χ0) is 15.5. The SMILES string of the molecule is CCCNC1(c2nc(C(C)C)cs2)CCOC(C(C)C)C1. The van der Waals surface area contributed by atoms with Crippen LogP contribution in [0, 0.1) is 5.92 Å². The van der Waals surface area contributed by atoms with E-state index in [-0.39, 0.29) is 5.54 Å². The molecule has 0 saturated carbocycles. The summed E-state index contributed by atoms with van der Waals surface area (Å²) in [5.74, 6) is 1.05. The van der Waals surface area contributed by atoms with Crippen molar-refractivity contribution in [2.75, 3.05) is 13.2 Å². The molecule has 1 aromatic rings. The van der Waals surface area contributed by atoms with Crippen LogP contribution in [0.3, 0.4) is 0 Å². The van der Waals surface area contributed by atoms with Crippen LogP contribution in [-0.2, 0) is 10.3 Å². The van der Waals surface area contributed by atoms with Gasteiger partial charge in [-0.25, -0.2) is 4.98 Å². The quantitative estimate of drug-likeness (QED) is 0.851. The lowest BCUT2D eigenvalue weighted by molar-refractivity contribution is -0.0534. The Hall–Kier alpha value is -0.450. The third-order valence-corrected chi connectivity index (χ3v) is 5.45. The van der Waals surface area contributed by atoms with Gasteiger partial charge in [0.2, 0.25) is 0 Å². The molecule has 0 radical (unpaired) electrons. The van der Waals surface area contributed by atoms with Gasteiger partial charge in [0.15, 0.2) is 0 Å². The van der Waals surface area contributed by atoms with Gasteiger partial charge in [0.25, 0.3) is 0 Å². The van der Waals surface area contributed by atoms with E-state index < -0.39 is 0 Å². The third-order valence-electron chi connectivity index (χ3n) is 4.39. The molecule has 0 aliphatic carbocycles. The van der Waals surface area contributed by atoms with Crippen molar-refractivity contribution in [3.05, 3.63) is 16.1 Å². The van der Waals surface area contributed by atoms with E-state index in [0.29, 0.717) is 17.9 Å². The average Bonchev–Trinajstić information content (AvgIpc) is 2.96. The zero-order valence-corrected chi connectivity index (χ0v) is 14.9. The van der Waals surface area contributed by atoms with Crippen molar-refractivity contribution in [2.45, 2.75) is 71.4 Å². The summed E-state index contributed by atoms with van der Waals surface area (Å²) >= 11 is 1.82. The molecule has 120 valence electrons. The van der Waals surface area contributed by atoms with Crippen LogP contribution in [0.15, 0.2) is 5.38 Å². The summed E-state index contributed by atoms with van der Waals surface area (Å²) in [6, 6.07) is 0. The van der Waals surface area contributed by atoms with Crippen molar-refractivity contribution in [1.82, 2.24) is 10.3 Å². The van der Waals surface area contributed by atoms with Crippen LogP contribution in [0.5, 0.6) is 0 Å². The Morgan fingerprint density at radius 2 is 2.19 bits per heavy atom. The predicted molar refractivity (Wildman–Crippen MR) is 90.0 cm³/mol. The smallest absolute Gasteiger partial charge is 0.113 e. The standard InChI is InChI=1S/C17H30N2OS/c1-6-8-18-17(7-9-20-15(10-17)13(4)5)16-19-14(11-21-16)12(2)3/h11-13,15,18H,6-10H2,1-5H3. The molecule has 1 saturated heterocycles. The van der Waals surface area contributed by atoms with E-state index in [0.717, 1.165) is 32.4 Å². The van der Waals surface area contributed by atoms with E-state index in [9.17, 15) is 0 Å². The summed E-state index contributed by atoms with van der Waals surface area (Å²) in [5, 5.41) is 7.30. The highest BCUT2D eigenvalue weighted by Gasteiger charge is 2.41.